The van der Waals surface area contributed by atoms with E-state index in [0.717, 1.165) is 19.2 Å². The fourth-order valence-corrected chi connectivity index (χ4v) is 1.08. The molecule has 0 saturated heterocycles. The fourth-order valence-electron chi connectivity index (χ4n) is 1.08. The molecule has 0 amide bonds. The molecule has 0 unspecified atom stereocenters. The molecule has 0 saturated carbocycles. The van der Waals surface area contributed by atoms with Crippen LogP contribution in [0.1, 0.15) is 26.3 Å². The minimum Gasteiger partial charge on any atom is -0.465 e. The van der Waals surface area contributed by atoms with Gasteiger partial charge < -0.3 is 4.74 Å². The molecule has 0 atom stereocenters. The Morgan fingerprint density at radius 3 is 2.73 bits per heavy atom. The summed E-state index contributed by atoms with van der Waals surface area (Å²) in [4.78, 5) is 21.7. The lowest BCUT2D eigenvalue weighted by Crippen LogP contribution is -2.08. The predicted octanol–water partition coefficient (Wildman–Crippen LogP) is 1.30. The maximum Gasteiger partial charge on any atom is 0.338 e. The number of carbonyl (C=O) groups is 2. The Morgan fingerprint density at radius 1 is 1.60 bits per heavy atom. The smallest absolute Gasteiger partial charge is 0.338 e. The number of carbonyl (C=O) groups excluding carboxylic acids is 2. The number of ether oxygens (including phenoxy) is 1. The summed E-state index contributed by atoms with van der Waals surface area (Å²) >= 11 is 0. The van der Waals surface area contributed by atoms with Gasteiger partial charge in [0.05, 0.1) is 29.9 Å². The van der Waals surface area contributed by atoms with Crippen LogP contribution in [0.4, 0.5) is 4.39 Å². The molecule has 1 aromatic rings. The van der Waals surface area contributed by atoms with E-state index in [1.165, 1.54) is 0 Å². The van der Waals surface area contributed by atoms with Crippen molar-refractivity contribution in [2.75, 3.05) is 7.11 Å². The Kier molecular flexibility index (Phi) is 3.13. The number of esters is 1. The summed E-state index contributed by atoms with van der Waals surface area (Å²) < 4.78 is 17.6. The maximum atomic E-state index is 13.2. The molecule has 0 fully saturated rings. The predicted molar refractivity (Wildman–Crippen MR) is 47.8 cm³/mol. The molecule has 5 heteroatoms. The Morgan fingerprint density at radius 2 is 2.27 bits per heavy atom. The summed E-state index contributed by atoms with van der Waals surface area (Å²) in [6.07, 6.45) is 0.211. The number of rotatable bonds is 2. The average Bonchev–Trinajstić information content (AvgIpc) is 2.26. The van der Waals surface area contributed by atoms with E-state index >= 15 is 0 Å². The molecule has 0 radical (unpaired) electrons. The summed E-state index contributed by atoms with van der Waals surface area (Å²) in [5.74, 6) is -1.77. The van der Waals surface area contributed by atoms with Crippen molar-refractivity contribution in [2.45, 2.75) is 0 Å². The van der Waals surface area contributed by atoms with Crippen LogP contribution in [-0.4, -0.2) is 19.4 Å². The monoisotopic (exact) mass is 207 g/mol. The van der Waals surface area contributed by atoms with Crippen LogP contribution < -0.4 is 0 Å². The van der Waals surface area contributed by atoms with Gasteiger partial charge >= 0.3 is 5.97 Å². The van der Waals surface area contributed by atoms with Crippen molar-refractivity contribution in [1.82, 2.24) is 0 Å². The summed E-state index contributed by atoms with van der Waals surface area (Å²) in [5.41, 5.74) is -0.691. The average molecular weight is 207 g/mol. The zero-order valence-electron chi connectivity index (χ0n) is 7.78. The molecule has 0 aliphatic carbocycles. The summed E-state index contributed by atoms with van der Waals surface area (Å²) in [5, 5.41) is 8.55. The van der Waals surface area contributed by atoms with Crippen molar-refractivity contribution < 1.29 is 18.7 Å². The van der Waals surface area contributed by atoms with Gasteiger partial charge in [0, 0.05) is 0 Å². The Hall–Kier alpha value is -2.22. The normalized spacial score (nSPS) is 9.13. The van der Waals surface area contributed by atoms with Gasteiger partial charge in [-0.15, -0.1) is 0 Å². The highest BCUT2D eigenvalue weighted by Gasteiger charge is 2.16. The topological polar surface area (TPSA) is 67.2 Å². The lowest BCUT2D eigenvalue weighted by Gasteiger charge is -2.03. The number of methoxy groups -OCH3 is 1. The first kappa shape index (κ1) is 10.9. The van der Waals surface area contributed by atoms with E-state index in [1.54, 1.807) is 6.07 Å². The molecule has 0 N–H and O–H groups in total. The number of nitriles is 1. The number of hydrogen-bond acceptors (Lipinski definition) is 4. The van der Waals surface area contributed by atoms with Crippen LogP contribution >= 0.6 is 0 Å². The molecule has 0 bridgehead atoms. The third kappa shape index (κ3) is 1.99. The zero-order chi connectivity index (χ0) is 11.4. The molecule has 76 valence electrons. The summed E-state index contributed by atoms with van der Waals surface area (Å²) in [7, 11) is 1.11. The summed E-state index contributed by atoms with van der Waals surface area (Å²) in [6.45, 7) is 0. The van der Waals surface area contributed by atoms with E-state index in [2.05, 4.69) is 4.74 Å². The van der Waals surface area contributed by atoms with Crippen molar-refractivity contribution in [3.63, 3.8) is 0 Å². The zero-order valence-corrected chi connectivity index (χ0v) is 7.78. The van der Waals surface area contributed by atoms with Gasteiger partial charge in [-0.2, -0.15) is 5.26 Å². The van der Waals surface area contributed by atoms with Gasteiger partial charge in [0.15, 0.2) is 6.29 Å². The maximum absolute atomic E-state index is 13.2. The number of aldehydes is 1. The van der Waals surface area contributed by atoms with Gasteiger partial charge in [0.2, 0.25) is 0 Å². The van der Waals surface area contributed by atoms with Gasteiger partial charge in [-0.05, 0) is 12.1 Å². The first-order valence-electron chi connectivity index (χ1n) is 3.91. The third-order valence-corrected chi connectivity index (χ3v) is 1.78. The molecule has 1 rings (SSSR count). The second kappa shape index (κ2) is 4.33. The van der Waals surface area contributed by atoms with E-state index in [4.69, 9.17) is 5.26 Å². The molecule has 15 heavy (non-hydrogen) atoms. The third-order valence-electron chi connectivity index (χ3n) is 1.78. The molecule has 0 aliphatic rings. The number of benzene rings is 1. The van der Waals surface area contributed by atoms with E-state index in [-0.39, 0.29) is 17.4 Å². The van der Waals surface area contributed by atoms with Gasteiger partial charge in [0.25, 0.3) is 0 Å². The molecule has 0 heterocycles. The van der Waals surface area contributed by atoms with Crippen LogP contribution in [0.25, 0.3) is 0 Å². The van der Waals surface area contributed by atoms with Crippen LogP contribution in [0.2, 0.25) is 0 Å². The SMILES string of the molecule is COC(=O)c1cc(C#N)cc(F)c1C=O. The molecule has 4 nitrogen and oxygen atoms in total. The summed E-state index contributed by atoms with van der Waals surface area (Å²) in [6, 6.07) is 3.67. The quantitative estimate of drug-likeness (QED) is 0.541. The highest BCUT2D eigenvalue weighted by Crippen LogP contribution is 2.15. The van der Waals surface area contributed by atoms with Crippen molar-refractivity contribution in [2.24, 2.45) is 0 Å². The van der Waals surface area contributed by atoms with E-state index in [0.29, 0.717) is 0 Å². The van der Waals surface area contributed by atoms with E-state index in [1.807, 2.05) is 0 Å². The Bertz CT molecular complexity index is 462. The largest absolute Gasteiger partial charge is 0.465 e. The Balaban J connectivity index is 3.46. The number of halogens is 1. The highest BCUT2D eigenvalue weighted by atomic mass is 19.1. The lowest BCUT2D eigenvalue weighted by atomic mass is 10.0. The van der Waals surface area contributed by atoms with Crippen LogP contribution in [0.15, 0.2) is 12.1 Å². The van der Waals surface area contributed by atoms with E-state index in [9.17, 15) is 14.0 Å². The lowest BCUT2D eigenvalue weighted by molar-refractivity contribution is 0.0597. The number of nitrogens with zero attached hydrogens (tertiary/aromatic N) is 1. The Labute approximate surface area is 84.9 Å². The van der Waals surface area contributed by atoms with Crippen molar-refractivity contribution in [3.05, 3.63) is 34.6 Å². The minimum absolute atomic E-state index is 0.0431. The van der Waals surface area contributed by atoms with Gasteiger partial charge in [-0.25, -0.2) is 9.18 Å². The molecule has 1 aromatic carbocycles. The second-order valence-corrected chi connectivity index (χ2v) is 2.64. The van der Waals surface area contributed by atoms with Crippen molar-refractivity contribution in [3.8, 4) is 6.07 Å². The number of hydrogen-bond donors (Lipinski definition) is 0. The molecular weight excluding hydrogens is 201 g/mol. The highest BCUT2D eigenvalue weighted by molar-refractivity contribution is 5.98. The molecule has 0 spiro atoms. The fraction of sp³-hybridized carbons (Fsp3) is 0.100. The molecular formula is C10H6FNO3. The van der Waals surface area contributed by atoms with Gasteiger partial charge in [-0.1, -0.05) is 0 Å². The van der Waals surface area contributed by atoms with Gasteiger partial charge in [-0.3, -0.25) is 4.79 Å². The second-order valence-electron chi connectivity index (χ2n) is 2.64. The molecule has 0 aliphatic heterocycles. The van der Waals surface area contributed by atoms with Crippen molar-refractivity contribution in [1.29, 1.82) is 5.26 Å². The molecule has 0 aromatic heterocycles. The first-order valence-corrected chi connectivity index (χ1v) is 3.91. The van der Waals surface area contributed by atoms with Crippen LogP contribution in [-0.2, 0) is 4.74 Å². The van der Waals surface area contributed by atoms with E-state index < -0.39 is 17.3 Å². The van der Waals surface area contributed by atoms with Gasteiger partial charge in [0.1, 0.15) is 5.82 Å². The minimum atomic E-state index is -0.913. The van der Waals surface area contributed by atoms with Crippen LogP contribution in [0.3, 0.4) is 0 Å². The standard InChI is InChI=1S/C10H6FNO3/c1-15-10(14)7-2-6(4-12)3-9(11)8(7)5-13/h2-3,5H,1H3. The van der Waals surface area contributed by atoms with Crippen LogP contribution in [0, 0.1) is 17.1 Å². The van der Waals surface area contributed by atoms with Crippen molar-refractivity contribution >= 4 is 12.3 Å². The van der Waals surface area contributed by atoms with Crippen LogP contribution in [0.5, 0.6) is 0 Å². The first-order chi connectivity index (χ1) is 7.13.